The highest BCUT2D eigenvalue weighted by atomic mass is 16.6. The molecule has 0 saturated carbocycles. The van der Waals surface area contributed by atoms with Crippen molar-refractivity contribution in [3.63, 3.8) is 0 Å². The Labute approximate surface area is 225 Å². The van der Waals surface area contributed by atoms with Gasteiger partial charge in [0.05, 0.1) is 52.3 Å². The third-order valence-corrected chi connectivity index (χ3v) is 5.62. The van der Waals surface area contributed by atoms with Crippen LogP contribution in [0.2, 0.25) is 0 Å². The number of methoxy groups -OCH3 is 1. The van der Waals surface area contributed by atoms with Crippen LogP contribution in [0.4, 0.5) is 0 Å². The van der Waals surface area contributed by atoms with Crippen molar-refractivity contribution in [3.8, 4) is 0 Å². The summed E-state index contributed by atoms with van der Waals surface area (Å²) in [5.74, 6) is -0.516. The van der Waals surface area contributed by atoms with Crippen LogP contribution in [0, 0.1) is 17.3 Å². The number of hydrogen-bond acceptors (Lipinski definition) is 8. The number of nitrogens with one attached hydrogen (secondary N) is 2. The summed E-state index contributed by atoms with van der Waals surface area (Å²) in [5.41, 5.74) is -0.807. The molecule has 2 atom stereocenters. The molecule has 0 aromatic carbocycles. The summed E-state index contributed by atoms with van der Waals surface area (Å²) >= 11 is 0. The molecule has 0 unspecified atom stereocenters. The van der Waals surface area contributed by atoms with E-state index in [9.17, 15) is 14.4 Å². The van der Waals surface area contributed by atoms with Crippen LogP contribution in [0.5, 0.6) is 0 Å². The fourth-order valence-corrected chi connectivity index (χ4v) is 3.73. The van der Waals surface area contributed by atoms with Gasteiger partial charge < -0.3 is 29.6 Å². The van der Waals surface area contributed by atoms with Gasteiger partial charge in [0, 0.05) is 43.4 Å². The van der Waals surface area contributed by atoms with Gasteiger partial charge in [-0.25, -0.2) is 0 Å². The number of carbonyl (C=O) groups is 3. The van der Waals surface area contributed by atoms with Gasteiger partial charge in [-0.3, -0.25) is 14.4 Å². The van der Waals surface area contributed by atoms with E-state index < -0.39 is 11.3 Å². The summed E-state index contributed by atoms with van der Waals surface area (Å²) in [4.78, 5) is 38.7. The van der Waals surface area contributed by atoms with Crippen LogP contribution >= 0.6 is 0 Å². The van der Waals surface area contributed by atoms with Crippen molar-refractivity contribution in [1.29, 1.82) is 0 Å². The summed E-state index contributed by atoms with van der Waals surface area (Å²) in [7, 11) is 1.63. The van der Waals surface area contributed by atoms with Crippen molar-refractivity contribution >= 4 is 17.5 Å². The lowest BCUT2D eigenvalue weighted by molar-refractivity contribution is -0.135. The van der Waals surface area contributed by atoms with E-state index in [4.69, 9.17) is 18.9 Å². The molecule has 0 radical (unpaired) electrons. The summed E-state index contributed by atoms with van der Waals surface area (Å²) in [5, 5.41) is 6.22. The van der Waals surface area contributed by atoms with Gasteiger partial charge >= 0.3 is 0 Å². The second kappa shape index (κ2) is 18.8. The van der Waals surface area contributed by atoms with E-state index >= 15 is 0 Å². The van der Waals surface area contributed by atoms with Crippen LogP contribution in [0.15, 0.2) is 0 Å². The summed E-state index contributed by atoms with van der Waals surface area (Å²) in [6.07, 6.45) is 0.663. The topological polar surface area (TPSA) is 112 Å². The average Bonchev–Trinajstić information content (AvgIpc) is 2.78. The highest BCUT2D eigenvalue weighted by molar-refractivity contribution is 5.93. The van der Waals surface area contributed by atoms with E-state index in [-0.39, 0.29) is 47.8 Å². The van der Waals surface area contributed by atoms with Crippen LogP contribution in [-0.4, -0.2) is 89.0 Å². The number of Topliss-reactive ketones (excluding diaryl/α,β-unsaturated/α-hetero) is 2. The van der Waals surface area contributed by atoms with Gasteiger partial charge in [0.25, 0.3) is 0 Å². The van der Waals surface area contributed by atoms with E-state index in [1.807, 2.05) is 55.4 Å². The molecule has 0 fully saturated rings. The largest absolute Gasteiger partial charge is 0.382 e. The fraction of sp³-hybridized carbons (Fsp3) is 0.893. The number of carbonyl (C=O) groups excluding carboxylic acids is 3. The number of rotatable bonds is 21. The second-order valence-electron chi connectivity index (χ2n) is 11.8. The maximum absolute atomic E-state index is 13.2. The molecule has 0 aromatic rings. The first-order valence-electron chi connectivity index (χ1n) is 13.5. The van der Waals surface area contributed by atoms with Crippen molar-refractivity contribution in [2.75, 3.05) is 59.9 Å². The smallest absolute Gasteiger partial charge is 0.220 e. The van der Waals surface area contributed by atoms with Crippen LogP contribution in [0.3, 0.4) is 0 Å². The van der Waals surface area contributed by atoms with Gasteiger partial charge in [-0.2, -0.15) is 0 Å². The highest BCUT2D eigenvalue weighted by Crippen LogP contribution is 2.27. The van der Waals surface area contributed by atoms with E-state index in [1.54, 1.807) is 7.11 Å². The van der Waals surface area contributed by atoms with Gasteiger partial charge in [-0.15, -0.1) is 0 Å². The normalized spacial score (nSPS) is 14.0. The lowest BCUT2D eigenvalue weighted by Gasteiger charge is -2.32. The molecule has 2 N–H and O–H groups in total. The Kier molecular flexibility index (Phi) is 18.1. The number of amides is 1. The maximum atomic E-state index is 13.2. The number of hydrogen-bond donors (Lipinski definition) is 2. The molecule has 0 spiro atoms. The molecule has 218 valence electrons. The Morgan fingerprint density at radius 3 is 1.76 bits per heavy atom. The zero-order valence-electron chi connectivity index (χ0n) is 24.9. The summed E-state index contributed by atoms with van der Waals surface area (Å²) in [6, 6.07) is -0.339. The molecule has 0 aliphatic carbocycles. The number of ketones is 2. The van der Waals surface area contributed by atoms with Gasteiger partial charge in [0.2, 0.25) is 5.91 Å². The van der Waals surface area contributed by atoms with Crippen LogP contribution < -0.4 is 10.6 Å². The fourth-order valence-electron chi connectivity index (χ4n) is 3.73. The maximum Gasteiger partial charge on any atom is 0.220 e. The lowest BCUT2D eigenvalue weighted by atomic mass is 9.77. The average molecular weight is 531 g/mol. The molecule has 0 aliphatic heterocycles. The van der Waals surface area contributed by atoms with Gasteiger partial charge in [0.15, 0.2) is 5.78 Å². The van der Waals surface area contributed by atoms with Gasteiger partial charge in [-0.05, 0) is 33.1 Å². The van der Waals surface area contributed by atoms with Crippen LogP contribution in [0.25, 0.3) is 0 Å². The monoisotopic (exact) mass is 530 g/mol. The third kappa shape index (κ3) is 18.5. The predicted molar refractivity (Wildman–Crippen MR) is 146 cm³/mol. The zero-order valence-corrected chi connectivity index (χ0v) is 24.9. The standard InChI is InChI=1S/C28H54N2O7/c1-21(2)25(30-28(6,7)8)23(31)20-22(26(33)27(3,4)5)10-11-24(32)29-12-13-35-16-17-37-19-18-36-15-14-34-9/h21-22,25,30H,10-20H2,1-9H3,(H,29,32)/t22-,25+/m1/s1. The Bertz CT molecular complexity index is 654. The molecule has 0 saturated heterocycles. The van der Waals surface area contributed by atoms with E-state index in [1.165, 1.54) is 0 Å². The van der Waals surface area contributed by atoms with Crippen molar-refractivity contribution in [2.24, 2.45) is 17.3 Å². The predicted octanol–water partition coefficient (Wildman–Crippen LogP) is 3.18. The Morgan fingerprint density at radius 1 is 0.784 bits per heavy atom. The molecule has 0 aliphatic rings. The number of ether oxygens (including phenoxy) is 4. The molecule has 0 aromatic heterocycles. The molecule has 37 heavy (non-hydrogen) atoms. The third-order valence-electron chi connectivity index (χ3n) is 5.62. The van der Waals surface area contributed by atoms with Gasteiger partial charge in [0.1, 0.15) is 5.78 Å². The Hall–Kier alpha value is -1.39. The van der Waals surface area contributed by atoms with Crippen molar-refractivity contribution in [3.05, 3.63) is 0 Å². The molecular formula is C28H54N2O7. The first kappa shape index (κ1) is 35.6. The minimum Gasteiger partial charge on any atom is -0.382 e. The molecule has 0 rings (SSSR count). The Balaban J connectivity index is 4.49. The first-order valence-corrected chi connectivity index (χ1v) is 13.5. The highest BCUT2D eigenvalue weighted by Gasteiger charge is 2.34. The second-order valence-corrected chi connectivity index (χ2v) is 11.8. The Morgan fingerprint density at radius 2 is 1.30 bits per heavy atom. The van der Waals surface area contributed by atoms with Gasteiger partial charge in [-0.1, -0.05) is 34.6 Å². The molecule has 0 bridgehead atoms. The van der Waals surface area contributed by atoms with Crippen molar-refractivity contribution in [1.82, 2.24) is 10.6 Å². The minimum atomic E-state index is -0.585. The molecule has 0 heterocycles. The molecule has 1 amide bonds. The molecule has 9 heteroatoms. The summed E-state index contributed by atoms with van der Waals surface area (Å²) < 4.78 is 21.1. The van der Waals surface area contributed by atoms with Crippen LogP contribution in [-0.2, 0) is 33.3 Å². The minimum absolute atomic E-state index is 0.0133. The summed E-state index contributed by atoms with van der Waals surface area (Å²) in [6.45, 7) is 19.4. The first-order chi connectivity index (χ1) is 17.2. The quantitative estimate of drug-likeness (QED) is 0.218. The molecular weight excluding hydrogens is 476 g/mol. The van der Waals surface area contributed by atoms with E-state index in [2.05, 4.69) is 10.6 Å². The van der Waals surface area contributed by atoms with Crippen molar-refractivity contribution in [2.45, 2.75) is 86.2 Å². The molecule has 9 nitrogen and oxygen atoms in total. The van der Waals surface area contributed by atoms with E-state index in [0.717, 1.165) is 0 Å². The lowest BCUT2D eigenvalue weighted by Crippen LogP contribution is -2.51. The van der Waals surface area contributed by atoms with Crippen molar-refractivity contribution < 1.29 is 33.3 Å². The van der Waals surface area contributed by atoms with Crippen LogP contribution in [0.1, 0.15) is 74.7 Å². The van der Waals surface area contributed by atoms with E-state index in [0.29, 0.717) is 59.2 Å². The zero-order chi connectivity index (χ0) is 28.5. The SMILES string of the molecule is COCCOCCOCCOCCNC(=O)CC[C@H](CC(=O)[C@@H](NC(C)(C)C)C(C)C)C(=O)C(C)(C)C.